The maximum absolute atomic E-state index is 12.4. The first-order valence-corrected chi connectivity index (χ1v) is 10.2. The largest absolute Gasteiger partial charge is 0.479 e. The fourth-order valence-corrected chi connectivity index (χ4v) is 3.38. The molecule has 0 unspecified atom stereocenters. The van der Waals surface area contributed by atoms with Gasteiger partial charge in [-0.05, 0) is 30.5 Å². The van der Waals surface area contributed by atoms with E-state index >= 15 is 0 Å². The van der Waals surface area contributed by atoms with Crippen molar-refractivity contribution in [3.8, 4) is 5.75 Å². The highest BCUT2D eigenvalue weighted by molar-refractivity contribution is 6.32. The number of benzene rings is 2. The second-order valence-electron chi connectivity index (χ2n) is 7.05. The maximum Gasteiger partial charge on any atom is 0.336 e. The van der Waals surface area contributed by atoms with Crippen molar-refractivity contribution in [1.82, 2.24) is 5.32 Å². The van der Waals surface area contributed by atoms with Crippen molar-refractivity contribution in [2.75, 3.05) is 6.54 Å². The number of hydrogen-bond acceptors (Lipinski definition) is 5. The zero-order chi connectivity index (χ0) is 21.7. The molecule has 2 atom stereocenters. The number of aryl methyl sites for hydroxylation is 1. The van der Waals surface area contributed by atoms with Crippen LogP contribution in [0.4, 0.5) is 0 Å². The SMILES string of the molecule is CCCc1cc(=O)oc2cc(O[C@@H](C)C(=O)NC[C@H](O)c3ccccc3)c(Cl)cc12. The molecule has 0 aliphatic rings. The third-order valence-electron chi connectivity index (χ3n) is 4.73. The van der Waals surface area contributed by atoms with Crippen molar-refractivity contribution in [2.45, 2.75) is 38.9 Å². The van der Waals surface area contributed by atoms with Crippen LogP contribution in [0.15, 0.2) is 57.7 Å². The molecule has 1 amide bonds. The van der Waals surface area contributed by atoms with Gasteiger partial charge in [0.1, 0.15) is 11.3 Å². The average Bonchev–Trinajstić information content (AvgIpc) is 2.73. The van der Waals surface area contributed by atoms with Gasteiger partial charge < -0.3 is 19.6 Å². The van der Waals surface area contributed by atoms with E-state index in [2.05, 4.69) is 5.32 Å². The Labute approximate surface area is 179 Å². The Kier molecular flexibility index (Phi) is 7.13. The zero-order valence-electron chi connectivity index (χ0n) is 16.9. The number of aliphatic hydroxyl groups is 1. The second kappa shape index (κ2) is 9.78. The van der Waals surface area contributed by atoms with E-state index in [1.54, 1.807) is 25.1 Å². The van der Waals surface area contributed by atoms with E-state index in [4.69, 9.17) is 20.8 Å². The summed E-state index contributed by atoms with van der Waals surface area (Å²) in [6, 6.07) is 13.7. The predicted molar refractivity (Wildman–Crippen MR) is 116 cm³/mol. The van der Waals surface area contributed by atoms with Crippen LogP contribution in [0.25, 0.3) is 11.0 Å². The normalized spacial score (nSPS) is 13.1. The quantitative estimate of drug-likeness (QED) is 0.528. The Hall–Kier alpha value is -2.83. The Bertz CT molecular complexity index is 1080. The number of carbonyl (C=O) groups is 1. The molecule has 1 aromatic heterocycles. The Balaban J connectivity index is 1.71. The van der Waals surface area contributed by atoms with E-state index in [9.17, 15) is 14.7 Å². The fraction of sp³-hybridized carbons (Fsp3) is 0.304. The lowest BCUT2D eigenvalue weighted by atomic mass is 10.1. The topological polar surface area (TPSA) is 88.8 Å². The molecular weight excluding hydrogens is 406 g/mol. The minimum atomic E-state index is -0.867. The van der Waals surface area contributed by atoms with Crippen LogP contribution in [0.2, 0.25) is 5.02 Å². The predicted octanol–water partition coefficient (Wildman–Crippen LogP) is 4.02. The number of aliphatic hydroxyl groups excluding tert-OH is 1. The van der Waals surface area contributed by atoms with Crippen LogP contribution in [0, 0.1) is 0 Å². The van der Waals surface area contributed by atoms with E-state index in [1.807, 2.05) is 25.1 Å². The molecule has 3 rings (SSSR count). The van der Waals surface area contributed by atoms with Gasteiger partial charge in [-0.15, -0.1) is 0 Å². The number of hydrogen-bond donors (Lipinski definition) is 2. The van der Waals surface area contributed by atoms with Gasteiger partial charge in [0.25, 0.3) is 5.91 Å². The van der Waals surface area contributed by atoms with Crippen LogP contribution in [0.1, 0.15) is 37.5 Å². The van der Waals surface area contributed by atoms with Crippen molar-refractivity contribution in [3.05, 3.63) is 75.1 Å². The van der Waals surface area contributed by atoms with E-state index < -0.39 is 23.7 Å². The first-order valence-electron chi connectivity index (χ1n) is 9.82. The summed E-state index contributed by atoms with van der Waals surface area (Å²) in [7, 11) is 0. The molecule has 158 valence electrons. The van der Waals surface area contributed by atoms with Gasteiger partial charge in [-0.2, -0.15) is 0 Å². The minimum Gasteiger partial charge on any atom is -0.479 e. The van der Waals surface area contributed by atoms with Crippen LogP contribution in [0.3, 0.4) is 0 Å². The molecule has 30 heavy (non-hydrogen) atoms. The molecule has 0 saturated carbocycles. The number of fused-ring (bicyclic) bond motifs is 1. The molecule has 3 aromatic rings. The molecule has 7 heteroatoms. The van der Waals surface area contributed by atoms with Crippen molar-refractivity contribution < 1.29 is 19.1 Å². The molecule has 0 bridgehead atoms. The summed E-state index contributed by atoms with van der Waals surface area (Å²) in [5.74, 6) is -0.158. The molecule has 2 N–H and O–H groups in total. The van der Waals surface area contributed by atoms with E-state index in [0.717, 1.165) is 23.8 Å². The molecule has 0 spiro atoms. The zero-order valence-corrected chi connectivity index (χ0v) is 17.6. The number of carbonyl (C=O) groups excluding carboxylic acids is 1. The van der Waals surface area contributed by atoms with Crippen LogP contribution in [-0.4, -0.2) is 23.7 Å². The minimum absolute atomic E-state index is 0.0528. The van der Waals surface area contributed by atoms with Crippen LogP contribution in [-0.2, 0) is 11.2 Å². The first-order chi connectivity index (χ1) is 14.4. The number of nitrogens with one attached hydrogen (secondary N) is 1. The smallest absolute Gasteiger partial charge is 0.336 e. The summed E-state index contributed by atoms with van der Waals surface area (Å²) >= 11 is 6.35. The van der Waals surface area contributed by atoms with Crippen molar-refractivity contribution >= 4 is 28.5 Å². The third-order valence-corrected chi connectivity index (χ3v) is 5.02. The van der Waals surface area contributed by atoms with Crippen LogP contribution in [0.5, 0.6) is 5.75 Å². The van der Waals surface area contributed by atoms with Gasteiger partial charge in [-0.3, -0.25) is 4.79 Å². The highest BCUT2D eigenvalue weighted by Crippen LogP contribution is 2.32. The van der Waals surface area contributed by atoms with Crippen LogP contribution >= 0.6 is 11.6 Å². The monoisotopic (exact) mass is 429 g/mol. The second-order valence-corrected chi connectivity index (χ2v) is 7.46. The highest BCUT2D eigenvalue weighted by Gasteiger charge is 2.19. The molecule has 0 fully saturated rings. The molecule has 0 aliphatic carbocycles. The number of amides is 1. The van der Waals surface area contributed by atoms with E-state index in [1.165, 1.54) is 12.1 Å². The summed E-state index contributed by atoms with van der Waals surface area (Å²) in [5, 5.41) is 13.9. The molecule has 0 saturated heterocycles. The summed E-state index contributed by atoms with van der Waals surface area (Å²) in [5.41, 5.74) is 1.48. The lowest BCUT2D eigenvalue weighted by molar-refractivity contribution is -0.127. The van der Waals surface area contributed by atoms with Crippen molar-refractivity contribution in [3.63, 3.8) is 0 Å². The molecule has 0 aliphatic heterocycles. The van der Waals surface area contributed by atoms with Crippen LogP contribution < -0.4 is 15.7 Å². The third kappa shape index (κ3) is 5.20. The Morgan fingerprint density at radius 2 is 1.97 bits per heavy atom. The molecule has 0 radical (unpaired) electrons. The van der Waals surface area contributed by atoms with Gasteiger partial charge in [-0.25, -0.2) is 4.79 Å². The molecule has 1 heterocycles. The summed E-state index contributed by atoms with van der Waals surface area (Å²) in [4.78, 5) is 24.2. The molecule has 2 aromatic carbocycles. The molecular formula is C23H24ClNO5. The first kappa shape index (κ1) is 21.9. The van der Waals surface area contributed by atoms with Gasteiger partial charge in [0.2, 0.25) is 0 Å². The Morgan fingerprint density at radius 3 is 2.67 bits per heavy atom. The fourth-order valence-electron chi connectivity index (χ4n) is 3.17. The lowest BCUT2D eigenvalue weighted by Crippen LogP contribution is -2.38. The van der Waals surface area contributed by atoms with E-state index in [-0.39, 0.29) is 12.3 Å². The summed E-state index contributed by atoms with van der Waals surface area (Å²) < 4.78 is 11.0. The summed E-state index contributed by atoms with van der Waals surface area (Å²) in [6.45, 7) is 3.65. The van der Waals surface area contributed by atoms with Gasteiger partial charge in [0.05, 0.1) is 11.1 Å². The average molecular weight is 430 g/mol. The Morgan fingerprint density at radius 1 is 1.23 bits per heavy atom. The van der Waals surface area contributed by atoms with Gasteiger partial charge in [-0.1, -0.05) is 55.3 Å². The van der Waals surface area contributed by atoms with Gasteiger partial charge >= 0.3 is 5.63 Å². The van der Waals surface area contributed by atoms with Crippen molar-refractivity contribution in [2.24, 2.45) is 0 Å². The lowest BCUT2D eigenvalue weighted by Gasteiger charge is -2.18. The molecule has 6 nitrogen and oxygen atoms in total. The highest BCUT2D eigenvalue weighted by atomic mass is 35.5. The number of halogens is 1. The number of ether oxygens (including phenoxy) is 1. The standard InChI is InChI=1S/C23H24ClNO5/c1-3-7-16-10-22(27)30-20-12-21(18(24)11-17(16)20)29-14(2)23(28)25-13-19(26)15-8-5-4-6-9-15/h4-6,8-12,14,19,26H,3,7,13H2,1-2H3,(H,25,28)/t14-,19-/m0/s1. The van der Waals surface area contributed by atoms with Gasteiger partial charge in [0, 0.05) is 24.1 Å². The van der Waals surface area contributed by atoms with Crippen molar-refractivity contribution in [1.29, 1.82) is 0 Å². The maximum atomic E-state index is 12.4. The number of rotatable bonds is 8. The van der Waals surface area contributed by atoms with Gasteiger partial charge in [0.15, 0.2) is 6.10 Å². The van der Waals surface area contributed by atoms with E-state index in [0.29, 0.717) is 16.2 Å². The summed E-state index contributed by atoms with van der Waals surface area (Å²) in [6.07, 6.45) is -0.0897.